The molecule has 2 aromatic carbocycles. The highest BCUT2D eigenvalue weighted by molar-refractivity contribution is 7.85. The lowest BCUT2D eigenvalue weighted by atomic mass is 10.2. The number of halogens is 1. The molecule has 24 heavy (non-hydrogen) atoms. The molecular weight excluding hydrogens is 366 g/mol. The van der Waals surface area contributed by atoms with Crippen molar-refractivity contribution in [3.8, 4) is 5.40 Å². The van der Waals surface area contributed by atoms with Crippen molar-refractivity contribution in [3.05, 3.63) is 71.8 Å². The zero-order valence-corrected chi connectivity index (χ0v) is 14.8. The van der Waals surface area contributed by atoms with Crippen molar-refractivity contribution in [2.24, 2.45) is 5.73 Å². The summed E-state index contributed by atoms with van der Waals surface area (Å²) in [6.45, 7) is 0. The molecule has 0 heterocycles. The third kappa shape index (κ3) is 10.3. The van der Waals surface area contributed by atoms with E-state index in [1.807, 2.05) is 12.1 Å². The molecule has 0 unspecified atom stereocenters. The Morgan fingerprint density at radius 3 is 1.71 bits per heavy atom. The fraction of sp³-hybridized carbons (Fsp3) is 0. The molecule has 0 bridgehead atoms. The van der Waals surface area contributed by atoms with Gasteiger partial charge in [-0.25, -0.2) is 0 Å². The number of thiocarbonyl (C=S) groups is 1. The average molecular weight is 380 g/mol. The number of amides is 1. The quantitative estimate of drug-likeness (QED) is 0.322. The summed E-state index contributed by atoms with van der Waals surface area (Å²) in [5.74, 6) is -0.275. The molecule has 0 atom stereocenters. The number of carbonyl (C=O) groups excluding carboxylic acids is 2. The Balaban J connectivity index is 0.000000390. The van der Waals surface area contributed by atoms with E-state index in [4.69, 9.17) is 22.6 Å². The number of nitrogens with one attached hydrogen (secondary N) is 1. The molecule has 3 N–H and O–H groups in total. The minimum Gasteiger partial charge on any atom is -0.376 e. The Labute approximate surface area is 155 Å². The molecule has 8 heteroatoms. The molecule has 0 saturated carbocycles. The summed E-state index contributed by atoms with van der Waals surface area (Å²) in [7, 11) is 0. The van der Waals surface area contributed by atoms with Gasteiger partial charge in [0.15, 0.2) is 5.11 Å². The molecule has 2 aromatic rings. The zero-order valence-electron chi connectivity index (χ0n) is 12.3. The summed E-state index contributed by atoms with van der Waals surface area (Å²) in [4.78, 5) is 21.6. The molecule has 0 fully saturated rings. The van der Waals surface area contributed by atoms with E-state index in [1.54, 1.807) is 48.5 Å². The fourth-order valence-electron chi connectivity index (χ4n) is 1.34. The van der Waals surface area contributed by atoms with Gasteiger partial charge in [0.25, 0.3) is 11.1 Å². The van der Waals surface area contributed by atoms with E-state index in [0.29, 0.717) is 11.1 Å². The van der Waals surface area contributed by atoms with E-state index >= 15 is 0 Å². The summed E-state index contributed by atoms with van der Waals surface area (Å²) in [6.07, 6.45) is 0. The fourth-order valence-corrected chi connectivity index (χ4v) is 1.56. The molecule has 5 nitrogen and oxygen atoms in total. The summed E-state index contributed by atoms with van der Waals surface area (Å²) >= 11 is 12.8. The van der Waals surface area contributed by atoms with Crippen LogP contribution in [0, 0.1) is 10.7 Å². The first kappa shape index (κ1) is 21.6. The van der Waals surface area contributed by atoms with E-state index in [0.717, 1.165) is 0 Å². The topological polar surface area (TPSA) is 96.0 Å². The first-order valence-corrected chi connectivity index (χ1v) is 7.59. The number of nitrogens with two attached hydrogens (primary N) is 1. The summed E-state index contributed by atoms with van der Waals surface area (Å²) in [6, 6.07) is 17.5. The zero-order chi connectivity index (χ0) is 18.4. The predicted molar refractivity (Wildman–Crippen MR) is 102 cm³/mol. The molecular formula is C16H14ClN3O2S2. The Kier molecular flexibility index (Phi) is 11.8. The molecule has 0 radical (unpaired) electrons. The average Bonchev–Trinajstić information content (AvgIpc) is 2.57. The second kappa shape index (κ2) is 13.1. The van der Waals surface area contributed by atoms with Crippen LogP contribution >= 0.6 is 36.4 Å². The van der Waals surface area contributed by atoms with Crippen molar-refractivity contribution < 1.29 is 9.59 Å². The minimum atomic E-state index is -0.407. The molecule has 0 spiro atoms. The van der Waals surface area contributed by atoms with E-state index < -0.39 is 5.24 Å². The van der Waals surface area contributed by atoms with Crippen molar-refractivity contribution in [2.75, 3.05) is 0 Å². The van der Waals surface area contributed by atoms with Crippen molar-refractivity contribution in [1.82, 2.24) is 5.32 Å². The number of nitrogens with zero attached hydrogens (tertiary/aromatic N) is 1. The van der Waals surface area contributed by atoms with Gasteiger partial charge < -0.3 is 5.73 Å². The van der Waals surface area contributed by atoms with Gasteiger partial charge in [0, 0.05) is 11.1 Å². The second-order valence-electron chi connectivity index (χ2n) is 3.92. The molecule has 0 aliphatic heterocycles. The van der Waals surface area contributed by atoms with Gasteiger partial charge in [-0.05, 0) is 36.0 Å². The predicted octanol–water partition coefficient (Wildman–Crippen LogP) is 3.12. The molecule has 2 rings (SSSR count). The summed E-state index contributed by atoms with van der Waals surface area (Å²) < 4.78 is 0. The van der Waals surface area contributed by atoms with Crippen LogP contribution in [0.2, 0.25) is 0 Å². The Morgan fingerprint density at radius 2 is 1.42 bits per heavy atom. The maximum Gasteiger partial charge on any atom is 0.257 e. The first-order valence-electron chi connectivity index (χ1n) is 6.36. The minimum absolute atomic E-state index is 0.0103. The molecule has 0 aliphatic carbocycles. The van der Waals surface area contributed by atoms with Gasteiger partial charge in [0.05, 0.1) is 0 Å². The third-order valence-electron chi connectivity index (χ3n) is 2.27. The summed E-state index contributed by atoms with van der Waals surface area (Å²) in [5.41, 5.74) is 6.22. The van der Waals surface area contributed by atoms with Crippen LogP contribution in [0.5, 0.6) is 0 Å². The maximum atomic E-state index is 11.2. The van der Waals surface area contributed by atoms with Gasteiger partial charge >= 0.3 is 0 Å². The summed E-state index contributed by atoms with van der Waals surface area (Å²) in [5, 5.41) is 10.5. The highest BCUT2D eigenvalue weighted by Gasteiger charge is 2.03. The van der Waals surface area contributed by atoms with Crippen LogP contribution in [0.15, 0.2) is 60.7 Å². The largest absolute Gasteiger partial charge is 0.376 e. The Bertz CT molecular complexity index is 704. The Morgan fingerprint density at radius 1 is 1.04 bits per heavy atom. The van der Waals surface area contributed by atoms with Crippen LogP contribution in [0.25, 0.3) is 0 Å². The SMILES string of the molecule is N#CS.NC(=S)NC(=O)c1ccccc1.O=C(Cl)c1ccccc1. The number of carbonyl (C=O) groups is 2. The monoisotopic (exact) mass is 379 g/mol. The van der Waals surface area contributed by atoms with Crippen LogP contribution in [0.1, 0.15) is 20.7 Å². The second-order valence-corrected chi connectivity index (χ2v) is 4.91. The third-order valence-corrected chi connectivity index (χ3v) is 2.59. The van der Waals surface area contributed by atoms with Crippen LogP contribution in [0.4, 0.5) is 0 Å². The number of thiocyanates is 1. The molecule has 0 aliphatic rings. The molecule has 1 amide bonds. The number of hydrogen-bond donors (Lipinski definition) is 3. The van der Waals surface area contributed by atoms with Gasteiger partial charge in [0.2, 0.25) is 0 Å². The van der Waals surface area contributed by atoms with E-state index in [-0.39, 0.29) is 11.0 Å². The van der Waals surface area contributed by atoms with Crippen molar-refractivity contribution >= 4 is 52.7 Å². The van der Waals surface area contributed by atoms with Crippen LogP contribution in [-0.2, 0) is 0 Å². The van der Waals surface area contributed by atoms with Gasteiger partial charge in [-0.15, -0.1) is 0 Å². The highest BCUT2D eigenvalue weighted by Crippen LogP contribution is 2.01. The number of benzene rings is 2. The smallest absolute Gasteiger partial charge is 0.257 e. The van der Waals surface area contributed by atoms with Crippen molar-refractivity contribution in [1.29, 1.82) is 5.26 Å². The van der Waals surface area contributed by atoms with Gasteiger partial charge in [0.1, 0.15) is 5.40 Å². The first-order chi connectivity index (χ1) is 11.4. The highest BCUT2D eigenvalue weighted by atomic mass is 35.5. The van der Waals surface area contributed by atoms with Gasteiger partial charge in [-0.2, -0.15) is 5.26 Å². The number of hydrogen-bond acceptors (Lipinski definition) is 5. The number of rotatable bonds is 2. The number of thiol groups is 1. The van der Waals surface area contributed by atoms with E-state index in [9.17, 15) is 9.59 Å². The standard InChI is InChI=1S/C8H8N2OS.C7H5ClO.CHNS/c9-8(12)10-7(11)6-4-2-1-3-5-6;8-7(9)6-4-2-1-3-5-6;2-1-3/h1-5H,(H3,9,10,11,12);1-5H;3H. The van der Waals surface area contributed by atoms with Crippen molar-refractivity contribution in [3.63, 3.8) is 0 Å². The van der Waals surface area contributed by atoms with Gasteiger partial charge in [-0.3, -0.25) is 14.9 Å². The van der Waals surface area contributed by atoms with Gasteiger partial charge in [-0.1, -0.05) is 61.2 Å². The molecule has 0 saturated heterocycles. The molecule has 0 aromatic heterocycles. The van der Waals surface area contributed by atoms with Crippen LogP contribution < -0.4 is 11.1 Å². The normalized spacial score (nSPS) is 8.21. The lowest BCUT2D eigenvalue weighted by molar-refractivity contribution is 0.0977. The number of nitriles is 1. The van der Waals surface area contributed by atoms with E-state index in [1.165, 1.54) is 5.40 Å². The Hall–Kier alpha value is -2.40. The maximum absolute atomic E-state index is 11.2. The lowest BCUT2D eigenvalue weighted by Crippen LogP contribution is -2.34. The van der Waals surface area contributed by atoms with E-state index in [2.05, 4.69) is 30.2 Å². The lowest BCUT2D eigenvalue weighted by Gasteiger charge is -2.00. The van der Waals surface area contributed by atoms with Crippen LogP contribution in [0.3, 0.4) is 0 Å². The van der Waals surface area contributed by atoms with Crippen LogP contribution in [-0.4, -0.2) is 16.3 Å². The molecule has 124 valence electrons. The van der Waals surface area contributed by atoms with Crippen molar-refractivity contribution in [2.45, 2.75) is 0 Å².